The molecule has 2 aromatic carbocycles. The Hall–Kier alpha value is -2.39. The number of carbonyl (C=O) groups excluding carboxylic acids is 1. The SMILES string of the molecule is CC(C)(C)c1ccc(-c2csc(C(=O)Nc3cc[c]cc3)c2)cc1. The van der Waals surface area contributed by atoms with Gasteiger partial charge < -0.3 is 5.32 Å². The fourth-order valence-electron chi connectivity index (χ4n) is 2.43. The van der Waals surface area contributed by atoms with Gasteiger partial charge in [0.2, 0.25) is 0 Å². The summed E-state index contributed by atoms with van der Waals surface area (Å²) >= 11 is 1.46. The molecule has 0 saturated carbocycles. The Kier molecular flexibility index (Phi) is 4.54. The molecular formula is C21H20NOS. The zero-order valence-corrected chi connectivity index (χ0v) is 14.9. The van der Waals surface area contributed by atoms with Crippen LogP contribution in [-0.4, -0.2) is 5.91 Å². The standard InChI is InChI=1S/C21H20NOS/c1-21(2,3)17-11-9-15(10-12-17)16-13-19(24-14-16)20(23)22-18-7-5-4-6-8-18/h5-14H,1-3H3,(H,22,23). The Morgan fingerprint density at radius 3 is 2.29 bits per heavy atom. The van der Waals surface area contributed by atoms with Gasteiger partial charge in [0.1, 0.15) is 0 Å². The summed E-state index contributed by atoms with van der Waals surface area (Å²) in [6.45, 7) is 6.61. The van der Waals surface area contributed by atoms with E-state index in [1.54, 1.807) is 12.1 Å². The highest BCUT2D eigenvalue weighted by molar-refractivity contribution is 7.12. The van der Waals surface area contributed by atoms with Crippen LogP contribution in [0, 0.1) is 6.07 Å². The number of rotatable bonds is 3. The van der Waals surface area contributed by atoms with E-state index in [0.717, 1.165) is 16.8 Å². The first-order chi connectivity index (χ1) is 11.4. The van der Waals surface area contributed by atoms with Crippen molar-refractivity contribution in [2.24, 2.45) is 0 Å². The molecule has 0 spiro atoms. The molecule has 0 aliphatic heterocycles. The molecule has 1 aromatic heterocycles. The molecule has 121 valence electrons. The summed E-state index contributed by atoms with van der Waals surface area (Å²) < 4.78 is 0. The van der Waals surface area contributed by atoms with Gasteiger partial charge in [-0.3, -0.25) is 4.79 Å². The van der Waals surface area contributed by atoms with Crippen LogP contribution in [0.15, 0.2) is 60.0 Å². The second-order valence-electron chi connectivity index (χ2n) is 6.77. The van der Waals surface area contributed by atoms with Crippen molar-refractivity contribution in [1.29, 1.82) is 0 Å². The number of hydrogen-bond acceptors (Lipinski definition) is 2. The average molecular weight is 334 g/mol. The lowest BCUT2D eigenvalue weighted by Crippen LogP contribution is -2.10. The van der Waals surface area contributed by atoms with Gasteiger partial charge in [-0.05, 0) is 51.8 Å². The van der Waals surface area contributed by atoms with Gasteiger partial charge in [0.15, 0.2) is 0 Å². The van der Waals surface area contributed by atoms with Crippen LogP contribution in [0.4, 0.5) is 5.69 Å². The third-order valence-electron chi connectivity index (χ3n) is 3.88. The van der Waals surface area contributed by atoms with Crippen molar-refractivity contribution < 1.29 is 4.79 Å². The average Bonchev–Trinajstić information content (AvgIpc) is 3.05. The Balaban J connectivity index is 1.77. The summed E-state index contributed by atoms with van der Waals surface area (Å²) in [5.41, 5.74) is 4.44. The monoisotopic (exact) mass is 334 g/mol. The summed E-state index contributed by atoms with van der Waals surface area (Å²) in [4.78, 5) is 13.0. The van der Waals surface area contributed by atoms with Crippen LogP contribution < -0.4 is 5.32 Å². The smallest absolute Gasteiger partial charge is 0.265 e. The third-order valence-corrected chi connectivity index (χ3v) is 4.81. The minimum absolute atomic E-state index is 0.0799. The number of hydrogen-bond donors (Lipinski definition) is 1. The van der Waals surface area contributed by atoms with Crippen molar-refractivity contribution in [3.63, 3.8) is 0 Å². The van der Waals surface area contributed by atoms with E-state index in [1.807, 2.05) is 23.6 Å². The van der Waals surface area contributed by atoms with Crippen molar-refractivity contribution in [2.45, 2.75) is 26.2 Å². The molecule has 0 aliphatic rings. The molecule has 0 bridgehead atoms. The Morgan fingerprint density at radius 2 is 1.67 bits per heavy atom. The zero-order valence-electron chi connectivity index (χ0n) is 14.1. The van der Waals surface area contributed by atoms with Gasteiger partial charge in [-0.15, -0.1) is 11.3 Å². The van der Waals surface area contributed by atoms with Crippen molar-refractivity contribution in [3.8, 4) is 11.1 Å². The van der Waals surface area contributed by atoms with E-state index in [1.165, 1.54) is 16.9 Å². The van der Waals surface area contributed by atoms with E-state index in [-0.39, 0.29) is 11.3 Å². The number of carbonyl (C=O) groups is 1. The van der Waals surface area contributed by atoms with E-state index in [9.17, 15) is 4.79 Å². The first-order valence-electron chi connectivity index (χ1n) is 7.90. The molecule has 0 unspecified atom stereocenters. The van der Waals surface area contributed by atoms with Gasteiger partial charge in [-0.1, -0.05) is 57.2 Å². The Bertz CT molecular complexity index is 826. The quantitative estimate of drug-likeness (QED) is 0.648. The molecule has 0 fully saturated rings. The molecule has 2 nitrogen and oxygen atoms in total. The molecule has 0 saturated heterocycles. The van der Waals surface area contributed by atoms with E-state index < -0.39 is 0 Å². The predicted octanol–water partition coefficient (Wildman–Crippen LogP) is 5.77. The highest BCUT2D eigenvalue weighted by Gasteiger charge is 2.14. The van der Waals surface area contributed by atoms with Gasteiger partial charge in [-0.2, -0.15) is 0 Å². The van der Waals surface area contributed by atoms with Gasteiger partial charge >= 0.3 is 0 Å². The van der Waals surface area contributed by atoms with Crippen LogP contribution in [0.1, 0.15) is 36.0 Å². The Labute approximate surface area is 147 Å². The van der Waals surface area contributed by atoms with Crippen molar-refractivity contribution in [3.05, 3.63) is 76.5 Å². The lowest BCUT2D eigenvalue weighted by atomic mass is 9.86. The van der Waals surface area contributed by atoms with Crippen molar-refractivity contribution in [2.75, 3.05) is 5.32 Å². The first kappa shape index (κ1) is 16.5. The van der Waals surface area contributed by atoms with Crippen LogP contribution in [0.2, 0.25) is 0 Å². The minimum atomic E-state index is -0.0799. The summed E-state index contributed by atoms with van der Waals surface area (Å²) in [6.07, 6.45) is 0. The molecule has 3 rings (SSSR count). The minimum Gasteiger partial charge on any atom is -0.321 e. The molecule has 1 amide bonds. The van der Waals surface area contributed by atoms with Crippen LogP contribution in [-0.2, 0) is 5.41 Å². The molecule has 1 N–H and O–H groups in total. The fraction of sp³-hybridized carbons (Fsp3) is 0.190. The van der Waals surface area contributed by atoms with Crippen LogP contribution in [0.5, 0.6) is 0 Å². The molecule has 1 heterocycles. The third kappa shape index (κ3) is 3.74. The van der Waals surface area contributed by atoms with Crippen LogP contribution >= 0.6 is 11.3 Å². The van der Waals surface area contributed by atoms with Gasteiger partial charge in [0, 0.05) is 5.69 Å². The fourth-order valence-corrected chi connectivity index (χ4v) is 3.24. The summed E-state index contributed by atoms with van der Waals surface area (Å²) in [6, 6.07) is 20.7. The van der Waals surface area contributed by atoms with Crippen molar-refractivity contribution >= 4 is 22.9 Å². The van der Waals surface area contributed by atoms with Crippen LogP contribution in [0.3, 0.4) is 0 Å². The van der Waals surface area contributed by atoms with Gasteiger partial charge in [0.05, 0.1) is 4.88 Å². The maximum Gasteiger partial charge on any atom is 0.265 e. The maximum absolute atomic E-state index is 12.3. The zero-order chi connectivity index (χ0) is 17.2. The number of anilines is 1. The van der Waals surface area contributed by atoms with Crippen LogP contribution in [0.25, 0.3) is 11.1 Å². The largest absolute Gasteiger partial charge is 0.321 e. The van der Waals surface area contributed by atoms with E-state index >= 15 is 0 Å². The van der Waals surface area contributed by atoms with E-state index in [0.29, 0.717) is 4.88 Å². The summed E-state index contributed by atoms with van der Waals surface area (Å²) in [5.74, 6) is -0.0799. The molecule has 1 radical (unpaired) electrons. The highest BCUT2D eigenvalue weighted by atomic mass is 32.1. The molecule has 3 aromatic rings. The second-order valence-corrected chi connectivity index (χ2v) is 7.68. The van der Waals surface area contributed by atoms with Gasteiger partial charge in [0.25, 0.3) is 5.91 Å². The number of nitrogens with one attached hydrogen (secondary N) is 1. The number of amides is 1. The summed E-state index contributed by atoms with van der Waals surface area (Å²) in [7, 11) is 0. The van der Waals surface area contributed by atoms with E-state index in [4.69, 9.17) is 0 Å². The number of benzene rings is 2. The molecule has 0 atom stereocenters. The number of thiophene rings is 1. The Morgan fingerprint density at radius 1 is 1.00 bits per heavy atom. The lowest BCUT2D eigenvalue weighted by Gasteiger charge is -2.19. The molecule has 3 heteroatoms. The molecule has 24 heavy (non-hydrogen) atoms. The molecular weight excluding hydrogens is 314 g/mol. The molecule has 0 aliphatic carbocycles. The highest BCUT2D eigenvalue weighted by Crippen LogP contribution is 2.29. The van der Waals surface area contributed by atoms with Gasteiger partial charge in [-0.25, -0.2) is 0 Å². The maximum atomic E-state index is 12.3. The summed E-state index contributed by atoms with van der Waals surface area (Å²) in [5, 5.41) is 4.93. The lowest BCUT2D eigenvalue weighted by molar-refractivity contribution is 0.103. The first-order valence-corrected chi connectivity index (χ1v) is 8.78. The van der Waals surface area contributed by atoms with E-state index in [2.05, 4.69) is 56.4 Å². The second kappa shape index (κ2) is 6.62. The van der Waals surface area contributed by atoms with Crippen molar-refractivity contribution in [1.82, 2.24) is 0 Å². The topological polar surface area (TPSA) is 29.1 Å². The predicted molar refractivity (Wildman–Crippen MR) is 102 cm³/mol. The normalized spacial score (nSPS) is 11.3.